The van der Waals surface area contributed by atoms with E-state index in [9.17, 15) is 4.39 Å². The van der Waals surface area contributed by atoms with Crippen LogP contribution in [0.25, 0.3) is 0 Å². The van der Waals surface area contributed by atoms with Crippen molar-refractivity contribution in [1.29, 1.82) is 0 Å². The Morgan fingerprint density at radius 1 is 1.43 bits per heavy atom. The highest BCUT2D eigenvalue weighted by Gasteiger charge is 1.98. The van der Waals surface area contributed by atoms with Crippen molar-refractivity contribution in [3.8, 4) is 0 Å². The number of halogens is 1. The molecule has 2 heteroatoms. The molecule has 0 bridgehead atoms. The van der Waals surface area contributed by atoms with Crippen LogP contribution in [-0.2, 0) is 6.54 Å². The van der Waals surface area contributed by atoms with Crippen LogP contribution in [0.5, 0.6) is 0 Å². The Morgan fingerprint density at radius 2 is 2.07 bits per heavy atom. The quantitative estimate of drug-likeness (QED) is 0.709. The lowest BCUT2D eigenvalue weighted by molar-refractivity contribution is 0.553. The van der Waals surface area contributed by atoms with Crippen molar-refractivity contribution in [2.45, 2.75) is 25.9 Å². The molecule has 0 aliphatic carbocycles. The maximum atomic E-state index is 12.6. The van der Waals surface area contributed by atoms with Crippen LogP contribution in [0, 0.1) is 5.82 Å². The zero-order valence-electron chi connectivity index (χ0n) is 8.46. The highest BCUT2D eigenvalue weighted by molar-refractivity contribution is 5.15. The summed E-state index contributed by atoms with van der Waals surface area (Å²) >= 11 is 0. The number of hydrogen-bond donors (Lipinski definition) is 1. The van der Waals surface area contributed by atoms with Crippen LogP contribution in [0.4, 0.5) is 4.39 Å². The fourth-order valence-corrected chi connectivity index (χ4v) is 1.23. The molecule has 1 rings (SSSR count). The van der Waals surface area contributed by atoms with Gasteiger partial charge in [0.1, 0.15) is 5.82 Å². The van der Waals surface area contributed by atoms with E-state index in [2.05, 4.69) is 18.8 Å². The molecule has 0 fully saturated rings. The van der Waals surface area contributed by atoms with E-state index in [1.807, 2.05) is 6.08 Å². The summed E-state index contributed by atoms with van der Waals surface area (Å²) in [6, 6.07) is 6.97. The van der Waals surface area contributed by atoms with Crippen LogP contribution in [0.15, 0.2) is 36.9 Å². The summed E-state index contributed by atoms with van der Waals surface area (Å²) in [5.41, 5.74) is 1.10. The van der Waals surface area contributed by atoms with Crippen molar-refractivity contribution >= 4 is 0 Å². The van der Waals surface area contributed by atoms with Gasteiger partial charge in [-0.3, -0.25) is 0 Å². The van der Waals surface area contributed by atoms with E-state index in [-0.39, 0.29) is 5.82 Å². The van der Waals surface area contributed by atoms with Crippen LogP contribution in [-0.4, -0.2) is 6.04 Å². The Balaban J connectivity index is 2.37. The van der Waals surface area contributed by atoms with Crippen molar-refractivity contribution in [1.82, 2.24) is 5.32 Å². The van der Waals surface area contributed by atoms with Gasteiger partial charge in [-0.1, -0.05) is 18.2 Å². The number of rotatable bonds is 5. The molecular weight excluding hydrogens is 177 g/mol. The predicted molar refractivity (Wildman–Crippen MR) is 57.5 cm³/mol. The number of hydrogen-bond acceptors (Lipinski definition) is 1. The third-order valence-corrected chi connectivity index (χ3v) is 2.09. The van der Waals surface area contributed by atoms with Gasteiger partial charge < -0.3 is 5.32 Å². The Bertz CT molecular complexity index is 279. The SMILES string of the molecule is C=CCC(C)NCc1ccc(F)cc1. The van der Waals surface area contributed by atoms with Crippen LogP contribution in [0.1, 0.15) is 18.9 Å². The summed E-state index contributed by atoms with van der Waals surface area (Å²) in [6.07, 6.45) is 2.84. The summed E-state index contributed by atoms with van der Waals surface area (Å²) < 4.78 is 12.6. The van der Waals surface area contributed by atoms with E-state index in [1.165, 1.54) is 12.1 Å². The van der Waals surface area contributed by atoms with Crippen molar-refractivity contribution in [3.63, 3.8) is 0 Å². The van der Waals surface area contributed by atoms with E-state index < -0.39 is 0 Å². The first-order chi connectivity index (χ1) is 6.72. The van der Waals surface area contributed by atoms with E-state index in [1.54, 1.807) is 12.1 Å². The summed E-state index contributed by atoms with van der Waals surface area (Å²) in [6.45, 7) is 6.55. The summed E-state index contributed by atoms with van der Waals surface area (Å²) in [7, 11) is 0. The molecule has 1 nitrogen and oxygen atoms in total. The van der Waals surface area contributed by atoms with Gasteiger partial charge in [-0.05, 0) is 31.0 Å². The highest BCUT2D eigenvalue weighted by atomic mass is 19.1. The average Bonchev–Trinajstić information content (AvgIpc) is 2.17. The molecule has 0 saturated heterocycles. The number of nitrogens with one attached hydrogen (secondary N) is 1. The number of benzene rings is 1. The minimum atomic E-state index is -0.187. The van der Waals surface area contributed by atoms with Gasteiger partial charge in [0.15, 0.2) is 0 Å². The zero-order valence-corrected chi connectivity index (χ0v) is 8.46. The second-order valence-electron chi connectivity index (χ2n) is 3.43. The fraction of sp³-hybridized carbons (Fsp3) is 0.333. The largest absolute Gasteiger partial charge is 0.310 e. The van der Waals surface area contributed by atoms with Gasteiger partial charge in [0.2, 0.25) is 0 Å². The normalized spacial score (nSPS) is 12.4. The third-order valence-electron chi connectivity index (χ3n) is 2.09. The Morgan fingerprint density at radius 3 is 2.64 bits per heavy atom. The van der Waals surface area contributed by atoms with Gasteiger partial charge in [-0.15, -0.1) is 6.58 Å². The molecule has 0 saturated carbocycles. The van der Waals surface area contributed by atoms with Crippen LogP contribution in [0.2, 0.25) is 0 Å². The lowest BCUT2D eigenvalue weighted by Gasteiger charge is -2.11. The summed E-state index contributed by atoms with van der Waals surface area (Å²) in [4.78, 5) is 0. The van der Waals surface area contributed by atoms with Crippen molar-refractivity contribution in [3.05, 3.63) is 48.3 Å². The molecule has 1 aromatic rings. The standard InChI is InChI=1S/C12H16FN/c1-3-4-10(2)14-9-11-5-7-12(13)8-6-11/h3,5-8,10,14H,1,4,9H2,2H3. The molecule has 0 radical (unpaired) electrons. The second-order valence-corrected chi connectivity index (χ2v) is 3.43. The minimum absolute atomic E-state index is 0.187. The van der Waals surface area contributed by atoms with Crippen molar-refractivity contribution < 1.29 is 4.39 Å². The maximum Gasteiger partial charge on any atom is 0.123 e. The molecule has 0 aliphatic rings. The highest BCUT2D eigenvalue weighted by Crippen LogP contribution is 2.03. The van der Waals surface area contributed by atoms with Gasteiger partial charge in [-0.25, -0.2) is 4.39 Å². The van der Waals surface area contributed by atoms with Crippen LogP contribution in [0.3, 0.4) is 0 Å². The fourth-order valence-electron chi connectivity index (χ4n) is 1.23. The predicted octanol–water partition coefficient (Wildman–Crippen LogP) is 2.88. The van der Waals surface area contributed by atoms with E-state index in [4.69, 9.17) is 0 Å². The van der Waals surface area contributed by atoms with Gasteiger partial charge in [0.25, 0.3) is 0 Å². The molecule has 1 N–H and O–H groups in total. The second kappa shape index (κ2) is 5.55. The van der Waals surface area contributed by atoms with E-state index in [0.717, 1.165) is 18.5 Å². The lowest BCUT2D eigenvalue weighted by Crippen LogP contribution is -2.24. The van der Waals surface area contributed by atoms with Gasteiger partial charge >= 0.3 is 0 Å². The van der Waals surface area contributed by atoms with Gasteiger partial charge in [-0.2, -0.15) is 0 Å². The third kappa shape index (κ3) is 3.71. The Hall–Kier alpha value is -1.15. The minimum Gasteiger partial charge on any atom is -0.310 e. The molecule has 1 aromatic carbocycles. The molecule has 0 amide bonds. The molecule has 0 spiro atoms. The molecule has 0 aromatic heterocycles. The topological polar surface area (TPSA) is 12.0 Å². The first-order valence-electron chi connectivity index (χ1n) is 4.81. The monoisotopic (exact) mass is 193 g/mol. The lowest BCUT2D eigenvalue weighted by atomic mass is 10.2. The van der Waals surface area contributed by atoms with Crippen molar-refractivity contribution in [2.24, 2.45) is 0 Å². The average molecular weight is 193 g/mol. The molecule has 14 heavy (non-hydrogen) atoms. The van der Waals surface area contributed by atoms with Crippen LogP contribution >= 0.6 is 0 Å². The Kier molecular flexibility index (Phi) is 4.33. The molecular formula is C12H16FN. The van der Waals surface area contributed by atoms with Crippen LogP contribution < -0.4 is 5.32 Å². The summed E-state index contributed by atoms with van der Waals surface area (Å²) in [5.74, 6) is -0.187. The molecule has 1 unspecified atom stereocenters. The molecule has 1 atom stereocenters. The molecule has 0 aliphatic heterocycles. The first-order valence-corrected chi connectivity index (χ1v) is 4.81. The first kappa shape index (κ1) is 10.9. The van der Waals surface area contributed by atoms with Crippen molar-refractivity contribution in [2.75, 3.05) is 0 Å². The van der Waals surface area contributed by atoms with E-state index in [0.29, 0.717) is 6.04 Å². The Labute approximate surface area is 84.6 Å². The zero-order chi connectivity index (χ0) is 10.4. The molecule has 76 valence electrons. The smallest absolute Gasteiger partial charge is 0.123 e. The summed E-state index contributed by atoms with van der Waals surface area (Å²) in [5, 5.41) is 3.33. The van der Waals surface area contributed by atoms with Gasteiger partial charge in [0.05, 0.1) is 0 Å². The maximum absolute atomic E-state index is 12.6. The van der Waals surface area contributed by atoms with Gasteiger partial charge in [0, 0.05) is 12.6 Å². The van der Waals surface area contributed by atoms with E-state index >= 15 is 0 Å². The molecule has 0 heterocycles.